The molecule has 0 spiro atoms. The lowest BCUT2D eigenvalue weighted by Gasteiger charge is -2.07. The lowest BCUT2D eigenvalue weighted by Crippen LogP contribution is -2.26. The zero-order valence-electron chi connectivity index (χ0n) is 27.3. The highest BCUT2D eigenvalue weighted by Gasteiger charge is 2.28. The Bertz CT molecular complexity index is 621. The lowest BCUT2D eigenvalue weighted by atomic mass is 10.1. The van der Waals surface area contributed by atoms with Gasteiger partial charge >= 0.3 is 0 Å². The van der Waals surface area contributed by atoms with Gasteiger partial charge in [0.15, 0.2) is 0 Å². The van der Waals surface area contributed by atoms with Gasteiger partial charge in [-0.1, -0.05) is 53.7 Å². The maximum atomic E-state index is 10.9. The van der Waals surface area contributed by atoms with Crippen LogP contribution in [0.1, 0.15) is 94.4 Å². The van der Waals surface area contributed by atoms with Crippen molar-refractivity contribution in [3.8, 4) is 0 Å². The van der Waals surface area contributed by atoms with Crippen LogP contribution in [0.3, 0.4) is 0 Å². The summed E-state index contributed by atoms with van der Waals surface area (Å²) in [6.07, 6.45) is 8.43. The standard InChI is InChI=1S/C6H11NO2.C6H11NO.C5H10O.C5H10.C4H9NO.C4H11N/c1-7-4-3-5(9-2)6(7)8;1-5-3-4-7(2)6(5)8;1-3-5(6)4-2;1-3-5-4-2;1-3-5-4(2)6;1-3-5-4-2/h5H,3-4H2,1-2H3;5H,3-4H2,1-2H3;3-4H2,1-2H3;3,5H,4H2,1-2H3;3H2,1-2H3,(H,5,6);5H,3-4H2,1-2H3/b;;;5-3+;;. The average molecular weight is 559 g/mol. The maximum Gasteiger partial charge on any atom is 0.251 e. The predicted molar refractivity (Wildman–Crippen MR) is 164 cm³/mol. The van der Waals surface area contributed by atoms with Gasteiger partial charge in [-0.3, -0.25) is 19.2 Å². The Labute approximate surface area is 240 Å². The van der Waals surface area contributed by atoms with Gasteiger partial charge in [0, 0.05) is 72.9 Å². The molecule has 0 bridgehead atoms. The van der Waals surface area contributed by atoms with Crippen molar-refractivity contribution in [2.75, 3.05) is 53.9 Å². The number of carbonyl (C=O) groups excluding carboxylic acids is 4. The number of ether oxygens (including phenoxy) is 1. The first-order valence-electron chi connectivity index (χ1n) is 14.5. The summed E-state index contributed by atoms with van der Waals surface area (Å²) in [5.74, 6) is 1.06. The van der Waals surface area contributed by atoms with Gasteiger partial charge in [-0.2, -0.15) is 0 Å². The summed E-state index contributed by atoms with van der Waals surface area (Å²) in [5.41, 5.74) is 0. The Kier molecular flexibility index (Phi) is 35.9. The van der Waals surface area contributed by atoms with Crippen LogP contribution in [-0.2, 0) is 23.9 Å². The Morgan fingerprint density at radius 3 is 1.46 bits per heavy atom. The van der Waals surface area contributed by atoms with E-state index >= 15 is 0 Å². The van der Waals surface area contributed by atoms with Gasteiger partial charge in [0.05, 0.1) is 0 Å². The minimum absolute atomic E-state index is 0.0394. The van der Waals surface area contributed by atoms with E-state index in [-0.39, 0.29) is 23.8 Å². The van der Waals surface area contributed by atoms with Gasteiger partial charge in [0.1, 0.15) is 11.9 Å². The van der Waals surface area contributed by atoms with Crippen molar-refractivity contribution in [2.45, 2.75) is 101 Å². The number of carbonyl (C=O) groups is 4. The second kappa shape index (κ2) is 32.0. The van der Waals surface area contributed by atoms with Crippen LogP contribution in [0.15, 0.2) is 12.2 Å². The zero-order chi connectivity index (χ0) is 31.2. The number of nitrogens with zero attached hydrogens (tertiary/aromatic N) is 2. The molecular weight excluding hydrogens is 496 g/mol. The number of Topliss-reactive ketones (excluding diaryl/α,β-unsaturated/α-hetero) is 1. The number of likely N-dealkylation sites (tertiary alicyclic amines) is 2. The lowest BCUT2D eigenvalue weighted by molar-refractivity contribution is -0.134. The first-order valence-corrected chi connectivity index (χ1v) is 14.5. The molecule has 2 atom stereocenters. The van der Waals surface area contributed by atoms with E-state index in [4.69, 9.17) is 4.74 Å². The third-order valence-corrected chi connectivity index (χ3v) is 5.54. The minimum Gasteiger partial charge on any atom is -0.372 e. The van der Waals surface area contributed by atoms with E-state index in [1.165, 1.54) is 6.92 Å². The quantitative estimate of drug-likeness (QED) is 0.447. The van der Waals surface area contributed by atoms with Crippen LogP contribution >= 0.6 is 0 Å². The molecule has 2 aliphatic heterocycles. The minimum atomic E-state index is -0.171. The van der Waals surface area contributed by atoms with Crippen LogP contribution in [0.5, 0.6) is 0 Å². The number of rotatable bonds is 7. The Hall–Kier alpha value is -2.26. The summed E-state index contributed by atoms with van der Waals surface area (Å²) >= 11 is 0. The van der Waals surface area contributed by atoms with Crippen LogP contribution in [0.2, 0.25) is 0 Å². The molecule has 2 N–H and O–H groups in total. The third kappa shape index (κ3) is 30.1. The fourth-order valence-corrected chi connectivity index (χ4v) is 2.99. The number of amides is 3. The smallest absolute Gasteiger partial charge is 0.251 e. The summed E-state index contributed by atoms with van der Waals surface area (Å²) < 4.78 is 4.90. The number of nitrogens with one attached hydrogen (secondary N) is 2. The highest BCUT2D eigenvalue weighted by Crippen LogP contribution is 2.14. The molecule has 2 aliphatic rings. The molecule has 0 aromatic heterocycles. The molecule has 232 valence electrons. The number of methoxy groups -OCH3 is 1. The van der Waals surface area contributed by atoms with Crippen LogP contribution in [0, 0.1) is 5.92 Å². The monoisotopic (exact) mass is 558 g/mol. The summed E-state index contributed by atoms with van der Waals surface area (Å²) in [6.45, 7) is 22.2. The first kappa shape index (κ1) is 43.8. The molecule has 2 unspecified atom stereocenters. The predicted octanol–water partition coefficient (Wildman–Crippen LogP) is 4.45. The van der Waals surface area contributed by atoms with Gasteiger partial charge in [-0.05, 0) is 39.8 Å². The molecular formula is C30H62N4O5. The second-order valence-corrected chi connectivity index (χ2v) is 8.99. The first-order chi connectivity index (χ1) is 18.4. The SMILES string of the molecule is C/C=C/CC.CC1CCN(C)C1=O.CCC(=O)CC.CCNC(C)=O.CCNCC.COC1CCN(C)C1=O. The molecule has 3 amide bonds. The molecule has 0 aromatic rings. The van der Waals surface area contributed by atoms with E-state index in [0.29, 0.717) is 24.5 Å². The Balaban J connectivity index is -0.000000192. The van der Waals surface area contributed by atoms with Crippen molar-refractivity contribution >= 4 is 23.5 Å². The molecule has 0 saturated carbocycles. The molecule has 9 heteroatoms. The van der Waals surface area contributed by atoms with Gasteiger partial charge in [0.2, 0.25) is 11.8 Å². The van der Waals surface area contributed by atoms with E-state index in [1.807, 2.05) is 41.7 Å². The molecule has 2 heterocycles. The van der Waals surface area contributed by atoms with Crippen molar-refractivity contribution in [2.24, 2.45) is 5.92 Å². The summed E-state index contributed by atoms with van der Waals surface area (Å²) in [7, 11) is 5.22. The summed E-state index contributed by atoms with van der Waals surface area (Å²) in [4.78, 5) is 45.4. The fourth-order valence-electron chi connectivity index (χ4n) is 2.99. The molecule has 2 saturated heterocycles. The average Bonchev–Trinajstić information content (AvgIpc) is 3.40. The second-order valence-electron chi connectivity index (χ2n) is 8.99. The Morgan fingerprint density at radius 1 is 0.897 bits per heavy atom. The molecule has 39 heavy (non-hydrogen) atoms. The number of likely N-dealkylation sites (N-methyl/N-ethyl adjacent to an activating group) is 1. The summed E-state index contributed by atoms with van der Waals surface area (Å²) in [5, 5.41) is 5.68. The topological polar surface area (TPSA) is 108 Å². The highest BCUT2D eigenvalue weighted by molar-refractivity contribution is 5.82. The van der Waals surface area contributed by atoms with E-state index < -0.39 is 0 Å². The molecule has 2 rings (SSSR count). The van der Waals surface area contributed by atoms with Crippen molar-refractivity contribution in [3.63, 3.8) is 0 Å². The highest BCUT2D eigenvalue weighted by atomic mass is 16.5. The van der Waals surface area contributed by atoms with E-state index in [2.05, 4.69) is 43.6 Å². The maximum absolute atomic E-state index is 10.9. The number of ketones is 1. The van der Waals surface area contributed by atoms with Crippen molar-refractivity contribution in [1.82, 2.24) is 20.4 Å². The van der Waals surface area contributed by atoms with Crippen LogP contribution in [0.4, 0.5) is 0 Å². The van der Waals surface area contributed by atoms with Crippen LogP contribution in [-0.4, -0.2) is 93.3 Å². The van der Waals surface area contributed by atoms with E-state index in [1.54, 1.807) is 24.0 Å². The van der Waals surface area contributed by atoms with Gasteiger partial charge in [0.25, 0.3) is 5.91 Å². The van der Waals surface area contributed by atoms with Gasteiger partial charge in [-0.25, -0.2) is 0 Å². The van der Waals surface area contributed by atoms with Gasteiger partial charge in [-0.15, -0.1) is 0 Å². The zero-order valence-corrected chi connectivity index (χ0v) is 27.3. The van der Waals surface area contributed by atoms with Crippen LogP contribution < -0.4 is 10.6 Å². The fraction of sp³-hybridized carbons (Fsp3) is 0.800. The largest absolute Gasteiger partial charge is 0.372 e. The molecule has 0 aromatic carbocycles. The van der Waals surface area contributed by atoms with Crippen molar-refractivity contribution in [1.29, 1.82) is 0 Å². The van der Waals surface area contributed by atoms with E-state index in [0.717, 1.165) is 52.0 Å². The third-order valence-electron chi connectivity index (χ3n) is 5.54. The number of hydrogen-bond donors (Lipinski definition) is 2. The summed E-state index contributed by atoms with van der Waals surface area (Å²) in [6, 6.07) is 0. The molecule has 0 radical (unpaired) electrons. The molecule has 2 fully saturated rings. The van der Waals surface area contributed by atoms with E-state index in [9.17, 15) is 19.2 Å². The van der Waals surface area contributed by atoms with Crippen molar-refractivity contribution < 1.29 is 23.9 Å². The van der Waals surface area contributed by atoms with Crippen LogP contribution in [0.25, 0.3) is 0 Å². The number of hydrogen-bond acceptors (Lipinski definition) is 6. The van der Waals surface area contributed by atoms with Crippen molar-refractivity contribution in [3.05, 3.63) is 12.2 Å². The Morgan fingerprint density at radius 2 is 1.38 bits per heavy atom. The molecule has 9 nitrogen and oxygen atoms in total. The molecule has 0 aliphatic carbocycles. The normalized spacial score (nSPS) is 17.2. The number of allylic oxidation sites excluding steroid dienone is 2. The van der Waals surface area contributed by atoms with Gasteiger partial charge < -0.3 is 25.2 Å².